The molecular weight excluding hydrogens is 399 g/mol. The monoisotopic (exact) mass is 414 g/mol. The number of hydrogen-bond donors (Lipinski definition) is 3. The minimum atomic E-state index is -1.02. The van der Waals surface area contributed by atoms with Gasteiger partial charge in [-0.1, -0.05) is 47.5 Å². The van der Waals surface area contributed by atoms with Crippen molar-refractivity contribution in [1.29, 1.82) is 0 Å². The zero-order valence-corrected chi connectivity index (χ0v) is 16.1. The molecule has 0 aromatic heterocycles. The van der Waals surface area contributed by atoms with E-state index in [0.717, 1.165) is 5.56 Å². The van der Waals surface area contributed by atoms with E-state index in [0.29, 0.717) is 27.1 Å². The number of carbonyl (C=O) groups excluding carboxylic acids is 1. The lowest BCUT2D eigenvalue weighted by Crippen LogP contribution is -2.15. The van der Waals surface area contributed by atoms with Crippen LogP contribution in [0.5, 0.6) is 0 Å². The number of aromatic carboxylic acids is 1. The van der Waals surface area contributed by atoms with Crippen molar-refractivity contribution >= 4 is 52.1 Å². The smallest absolute Gasteiger partial charge is 0.335 e. The molecule has 0 aliphatic heterocycles. The van der Waals surface area contributed by atoms with E-state index in [4.69, 9.17) is 28.3 Å². The fourth-order valence-electron chi connectivity index (χ4n) is 2.62. The van der Waals surface area contributed by atoms with Crippen LogP contribution in [0.2, 0.25) is 10.0 Å². The molecule has 1 amide bonds. The molecule has 0 spiro atoms. The van der Waals surface area contributed by atoms with E-state index in [-0.39, 0.29) is 17.9 Å². The number of hydrogen-bond acceptors (Lipinski definition) is 3. The number of carbonyl (C=O) groups is 2. The van der Waals surface area contributed by atoms with E-state index in [2.05, 4.69) is 10.6 Å². The molecule has 0 heterocycles. The third-order valence-electron chi connectivity index (χ3n) is 4.01. The highest BCUT2D eigenvalue weighted by molar-refractivity contribution is 6.39. The normalized spacial score (nSPS) is 10.4. The van der Waals surface area contributed by atoms with Crippen LogP contribution >= 0.6 is 23.2 Å². The number of carboxylic acid groups (broad SMARTS) is 1. The largest absolute Gasteiger partial charge is 0.478 e. The number of nitrogens with one attached hydrogen (secondary N) is 2. The van der Waals surface area contributed by atoms with Crippen molar-refractivity contribution in [1.82, 2.24) is 0 Å². The van der Waals surface area contributed by atoms with Gasteiger partial charge in [0.05, 0.1) is 27.7 Å². The van der Waals surface area contributed by atoms with Gasteiger partial charge in [0.25, 0.3) is 0 Å². The molecule has 0 saturated carbocycles. The second kappa shape index (κ2) is 8.78. The highest BCUT2D eigenvalue weighted by atomic mass is 35.5. The molecular formula is C21H16Cl2N2O3. The summed E-state index contributed by atoms with van der Waals surface area (Å²) in [6, 6.07) is 18.5. The summed E-state index contributed by atoms with van der Waals surface area (Å²) in [6.45, 7) is 0. The Kier molecular flexibility index (Phi) is 6.19. The third kappa shape index (κ3) is 4.82. The Morgan fingerprint density at radius 2 is 1.50 bits per heavy atom. The Morgan fingerprint density at radius 3 is 2.14 bits per heavy atom. The quantitative estimate of drug-likeness (QED) is 0.489. The highest BCUT2D eigenvalue weighted by Gasteiger charge is 2.12. The third-order valence-corrected chi connectivity index (χ3v) is 4.64. The van der Waals surface area contributed by atoms with Gasteiger partial charge in [-0.3, -0.25) is 4.79 Å². The van der Waals surface area contributed by atoms with Crippen molar-refractivity contribution < 1.29 is 14.7 Å². The first-order valence-corrected chi connectivity index (χ1v) is 9.12. The van der Waals surface area contributed by atoms with Crippen LogP contribution in [0.3, 0.4) is 0 Å². The zero-order chi connectivity index (χ0) is 20.1. The van der Waals surface area contributed by atoms with Crippen LogP contribution in [0.25, 0.3) is 0 Å². The van der Waals surface area contributed by atoms with Gasteiger partial charge < -0.3 is 15.7 Å². The summed E-state index contributed by atoms with van der Waals surface area (Å²) in [5, 5.41) is 15.8. The Bertz CT molecular complexity index is 1000. The van der Waals surface area contributed by atoms with E-state index in [1.807, 2.05) is 24.3 Å². The molecule has 28 heavy (non-hydrogen) atoms. The topological polar surface area (TPSA) is 78.4 Å². The van der Waals surface area contributed by atoms with Crippen molar-refractivity contribution in [2.24, 2.45) is 0 Å². The summed E-state index contributed by atoms with van der Waals surface area (Å²) >= 11 is 12.4. The molecule has 3 N–H and O–H groups in total. The summed E-state index contributed by atoms with van der Waals surface area (Å²) in [5.74, 6) is -1.25. The summed E-state index contributed by atoms with van der Waals surface area (Å²) < 4.78 is 0. The van der Waals surface area contributed by atoms with E-state index in [1.165, 1.54) is 12.1 Å². The predicted molar refractivity (Wildman–Crippen MR) is 112 cm³/mol. The maximum atomic E-state index is 12.4. The molecule has 0 unspecified atom stereocenters. The van der Waals surface area contributed by atoms with Crippen molar-refractivity contribution in [3.8, 4) is 0 Å². The number of para-hydroxylation sites is 2. The molecule has 0 aliphatic rings. The van der Waals surface area contributed by atoms with E-state index < -0.39 is 5.97 Å². The van der Waals surface area contributed by atoms with Crippen LogP contribution in [0.15, 0.2) is 66.7 Å². The summed E-state index contributed by atoms with van der Waals surface area (Å²) in [5.41, 5.74) is 2.73. The Labute approximate surface area is 171 Å². The van der Waals surface area contributed by atoms with Gasteiger partial charge in [-0.05, 0) is 48.0 Å². The number of rotatable bonds is 6. The highest BCUT2D eigenvalue weighted by Crippen LogP contribution is 2.33. The maximum absolute atomic E-state index is 12.4. The molecule has 3 aromatic rings. The first kappa shape index (κ1) is 19.7. The van der Waals surface area contributed by atoms with Crippen LogP contribution in [0.1, 0.15) is 15.9 Å². The Hall–Kier alpha value is -3.02. The van der Waals surface area contributed by atoms with Crippen LogP contribution in [-0.2, 0) is 11.2 Å². The number of halogens is 2. The first-order chi connectivity index (χ1) is 13.4. The second-order valence-electron chi connectivity index (χ2n) is 5.99. The molecule has 0 aliphatic carbocycles. The van der Waals surface area contributed by atoms with Gasteiger partial charge in [0.2, 0.25) is 5.91 Å². The molecule has 3 rings (SSSR count). The molecule has 0 radical (unpaired) electrons. The first-order valence-electron chi connectivity index (χ1n) is 8.36. The SMILES string of the molecule is O=C(Cc1ccccc1Nc1c(Cl)cccc1Cl)Nc1ccc(C(=O)O)cc1. The number of amides is 1. The van der Waals surface area contributed by atoms with Crippen LogP contribution in [0.4, 0.5) is 17.1 Å². The van der Waals surface area contributed by atoms with Crippen molar-refractivity contribution in [3.63, 3.8) is 0 Å². The van der Waals surface area contributed by atoms with E-state index >= 15 is 0 Å². The lowest BCUT2D eigenvalue weighted by Gasteiger charge is -2.14. The lowest BCUT2D eigenvalue weighted by atomic mass is 10.1. The summed E-state index contributed by atoms with van der Waals surface area (Å²) in [6.07, 6.45) is 0.117. The van der Waals surface area contributed by atoms with Crippen LogP contribution in [-0.4, -0.2) is 17.0 Å². The van der Waals surface area contributed by atoms with Crippen LogP contribution in [0, 0.1) is 0 Å². The van der Waals surface area contributed by atoms with Gasteiger partial charge in [0.15, 0.2) is 0 Å². The lowest BCUT2D eigenvalue weighted by molar-refractivity contribution is -0.115. The van der Waals surface area contributed by atoms with Gasteiger partial charge in [-0.15, -0.1) is 0 Å². The average Bonchev–Trinajstić information content (AvgIpc) is 2.66. The second-order valence-corrected chi connectivity index (χ2v) is 6.80. The fraction of sp³-hybridized carbons (Fsp3) is 0.0476. The molecule has 0 fully saturated rings. The number of carboxylic acids is 1. The summed E-state index contributed by atoms with van der Waals surface area (Å²) in [4.78, 5) is 23.3. The number of anilines is 3. The van der Waals surface area contributed by atoms with Crippen LogP contribution < -0.4 is 10.6 Å². The zero-order valence-electron chi connectivity index (χ0n) is 14.6. The predicted octanol–water partition coefficient (Wildman–Crippen LogP) is 5.62. The molecule has 0 bridgehead atoms. The minimum Gasteiger partial charge on any atom is -0.478 e. The molecule has 7 heteroatoms. The van der Waals surface area contributed by atoms with Gasteiger partial charge in [-0.2, -0.15) is 0 Å². The van der Waals surface area contributed by atoms with E-state index in [9.17, 15) is 9.59 Å². The van der Waals surface area contributed by atoms with Crippen molar-refractivity contribution in [3.05, 3.63) is 87.9 Å². The molecule has 5 nitrogen and oxygen atoms in total. The van der Waals surface area contributed by atoms with Gasteiger partial charge in [0, 0.05) is 11.4 Å². The van der Waals surface area contributed by atoms with Gasteiger partial charge >= 0.3 is 5.97 Å². The van der Waals surface area contributed by atoms with Gasteiger partial charge in [0.1, 0.15) is 0 Å². The standard InChI is InChI=1S/C21H16Cl2N2O3/c22-16-5-3-6-17(23)20(16)25-18-7-2-1-4-14(18)12-19(26)24-15-10-8-13(9-11-15)21(27)28/h1-11,25H,12H2,(H,24,26)(H,27,28). The maximum Gasteiger partial charge on any atom is 0.335 e. The molecule has 0 saturated heterocycles. The molecule has 0 atom stereocenters. The number of benzene rings is 3. The Balaban J connectivity index is 1.74. The van der Waals surface area contributed by atoms with Crippen molar-refractivity contribution in [2.75, 3.05) is 10.6 Å². The minimum absolute atomic E-state index is 0.117. The average molecular weight is 415 g/mol. The van der Waals surface area contributed by atoms with Gasteiger partial charge in [-0.25, -0.2) is 4.79 Å². The summed E-state index contributed by atoms with van der Waals surface area (Å²) in [7, 11) is 0. The van der Waals surface area contributed by atoms with Crippen molar-refractivity contribution in [2.45, 2.75) is 6.42 Å². The van der Waals surface area contributed by atoms with E-state index in [1.54, 1.807) is 30.3 Å². The molecule has 142 valence electrons. The molecule has 3 aromatic carbocycles. The fourth-order valence-corrected chi connectivity index (χ4v) is 3.11. The Morgan fingerprint density at radius 1 is 0.857 bits per heavy atom.